The molecule has 582 valence electrons. The number of aromatic nitrogens is 6. The van der Waals surface area contributed by atoms with Gasteiger partial charge in [-0.1, -0.05) is 63.4 Å². The average Bonchev–Trinajstić information content (AvgIpc) is 1.57. The van der Waals surface area contributed by atoms with Crippen LogP contribution in [0.25, 0.3) is 0 Å². The van der Waals surface area contributed by atoms with E-state index in [2.05, 4.69) is 41.9 Å². The first-order valence-corrected chi connectivity index (χ1v) is 42.6. The van der Waals surface area contributed by atoms with E-state index in [4.69, 9.17) is 38.4 Å². The van der Waals surface area contributed by atoms with Gasteiger partial charge in [0.25, 0.3) is 23.6 Å². The van der Waals surface area contributed by atoms with Crippen LogP contribution >= 0.6 is 39.1 Å². The van der Waals surface area contributed by atoms with E-state index >= 15 is 0 Å². The van der Waals surface area contributed by atoms with Crippen molar-refractivity contribution in [2.24, 2.45) is 5.73 Å². The number of esters is 2. The van der Waals surface area contributed by atoms with Crippen molar-refractivity contribution < 1.29 is 78.8 Å². The topological polar surface area (TPSA) is 394 Å². The number of carbonyl (C=O) groups excluding carboxylic acids is 6. The van der Waals surface area contributed by atoms with Gasteiger partial charge in [-0.25, -0.2) is 34.8 Å². The summed E-state index contributed by atoms with van der Waals surface area (Å²) in [7, 11) is -9.26. The Morgan fingerprint density at radius 2 is 0.915 bits per heavy atom. The normalized spacial score (nSPS) is 19.0. The molecule has 0 atom stereocenters. The quantitative estimate of drug-likeness (QED) is 0.0262. The van der Waals surface area contributed by atoms with E-state index in [1.54, 1.807) is 77.3 Å². The number of hydrogen-bond donors (Lipinski definition) is 6. The second-order valence-corrected chi connectivity index (χ2v) is 40.2. The SMILES string of the molecule is CC(C)(O)Cn1nc(C(=O)NCc2ccc(Cl)cc2)c2c1C(=O)N(CC1(S(=O)(=O)C3CC3)CC1)CC2.CCOC(=O)c1nn(CC(C)(C)O)c2c1CCN(CC1(S(=O)(=O)C3CC3)CC1)C2=O.CCOC(=O)c1nn(CC(C)(C)O)c2c1CCNC2=O.NCc1ccc(Cl)cc1.O=S(=O)(C1CC1)C1(CBr)CC1. The Kier molecular flexibility index (Phi) is 24.7. The van der Waals surface area contributed by atoms with Gasteiger partial charge in [-0.05, 0) is 187 Å². The molecule has 6 heterocycles. The largest absolute Gasteiger partial charge is 0.461 e. The Morgan fingerprint density at radius 3 is 1.26 bits per heavy atom. The summed E-state index contributed by atoms with van der Waals surface area (Å²) in [5, 5.41) is 50.6. The van der Waals surface area contributed by atoms with Crippen LogP contribution in [0.5, 0.6) is 0 Å². The number of nitrogens with two attached hydrogens (primary N) is 1. The Labute approximate surface area is 637 Å². The fourth-order valence-corrected chi connectivity index (χ4v) is 22.3. The van der Waals surface area contributed by atoms with Crippen molar-refractivity contribution in [3.05, 3.63) is 121 Å². The van der Waals surface area contributed by atoms with Gasteiger partial charge in [0, 0.05) is 77.9 Å². The van der Waals surface area contributed by atoms with Crippen LogP contribution < -0.4 is 16.4 Å². The smallest absolute Gasteiger partial charge is 0.359 e. The summed E-state index contributed by atoms with van der Waals surface area (Å²) in [4.78, 5) is 79.5. The zero-order valence-corrected chi connectivity index (χ0v) is 66.8. The maximum atomic E-state index is 13.6. The molecule has 28 nitrogen and oxygen atoms in total. The monoisotopic (exact) mass is 1630 g/mol. The summed E-state index contributed by atoms with van der Waals surface area (Å²) < 4.78 is 87.3. The van der Waals surface area contributed by atoms with Crippen LogP contribution in [0.2, 0.25) is 10.0 Å². The number of amides is 4. The maximum Gasteiger partial charge on any atom is 0.359 e. The average molecular weight is 1640 g/mol. The van der Waals surface area contributed by atoms with E-state index in [9.17, 15) is 69.3 Å². The van der Waals surface area contributed by atoms with E-state index in [0.29, 0.717) is 130 Å². The van der Waals surface area contributed by atoms with Crippen molar-refractivity contribution in [2.75, 3.05) is 51.3 Å². The summed E-state index contributed by atoms with van der Waals surface area (Å²) in [5.41, 5.74) is 6.85. The minimum Gasteiger partial charge on any atom is -0.461 e. The molecule has 6 saturated carbocycles. The molecular weight excluding hydrogens is 1540 g/mol. The van der Waals surface area contributed by atoms with E-state index in [-0.39, 0.29) is 119 Å². The van der Waals surface area contributed by atoms with Gasteiger partial charge in [0.15, 0.2) is 46.6 Å². The van der Waals surface area contributed by atoms with Gasteiger partial charge < -0.3 is 51.0 Å². The van der Waals surface area contributed by atoms with Crippen LogP contribution in [0.4, 0.5) is 0 Å². The molecule has 0 spiro atoms. The Bertz CT molecular complexity index is 4480. The molecule has 3 aliphatic heterocycles. The maximum absolute atomic E-state index is 13.6. The summed E-state index contributed by atoms with van der Waals surface area (Å²) in [5.74, 6) is -2.51. The number of benzene rings is 2. The van der Waals surface area contributed by atoms with E-state index in [1.807, 2.05) is 36.4 Å². The second-order valence-electron chi connectivity index (χ2n) is 30.9. The lowest BCUT2D eigenvalue weighted by atomic mass is 10.0. The fourth-order valence-electron chi connectivity index (χ4n) is 13.3. The zero-order chi connectivity index (χ0) is 77.5. The van der Waals surface area contributed by atoms with Crippen molar-refractivity contribution in [3.63, 3.8) is 0 Å². The van der Waals surface area contributed by atoms with Crippen LogP contribution in [0, 0.1) is 0 Å². The highest BCUT2D eigenvalue weighted by atomic mass is 79.9. The lowest BCUT2D eigenvalue weighted by molar-refractivity contribution is 0.0489. The molecule has 9 aliphatic rings. The van der Waals surface area contributed by atoms with Gasteiger partial charge >= 0.3 is 11.9 Å². The number of fused-ring (bicyclic) bond motifs is 3. The third-order valence-corrected chi connectivity index (χ3v) is 31.1. The number of nitrogens with one attached hydrogen (secondary N) is 2. The molecule has 5 aromatic rings. The molecule has 106 heavy (non-hydrogen) atoms. The van der Waals surface area contributed by atoms with Crippen molar-refractivity contribution in [3.8, 4) is 0 Å². The van der Waals surface area contributed by atoms with Gasteiger partial charge in [0.05, 0.1) is 79.6 Å². The summed E-state index contributed by atoms with van der Waals surface area (Å²) in [6.07, 6.45) is 9.99. The molecular formula is C72H98BrCl2N11O17S3. The molecule has 6 fully saturated rings. The third-order valence-electron chi connectivity index (χ3n) is 19.9. The number of ether oxygens (including phenoxy) is 2. The number of rotatable bonds is 25. The standard InChI is InChI=1S/C25H31ClN4O5S.C20H29N3O6S.C13H19N3O4.C7H11BrO2S.C7H8ClN/c1-24(2,33)14-30-21-19(20(28-30)22(31)27-13-16-3-5-17(26)6-4-16)9-12-29(23(21)32)15-25(10-11-25)36(34,35)18-7-8-18;1-4-29-18(25)15-14-7-10-22(12-20(8-9-20)30(27,28)13-5-6-13)17(24)16(14)23(21-15)11-19(2,3)26;1-4-20-12(18)9-8-5-6-14-11(17)10(8)16(15-9)7-13(2,3)19;8-5-7(3-4-7)11(9,10)6-1-2-6;8-7-3-1-6(5-9)2-4-7/h3-6,18,33H,7-15H2,1-2H3,(H,27,31);13,26H,4-12H2,1-3H3;19H,4-7H2,1-3H3,(H,14,17);6H,1-5H2;1-4H,5,9H2. The number of nitrogens with zero attached hydrogens (tertiary/aromatic N) is 8. The number of aliphatic hydroxyl groups is 3. The van der Waals surface area contributed by atoms with Crippen molar-refractivity contribution in [1.29, 1.82) is 0 Å². The first-order valence-electron chi connectivity index (χ1n) is 36.1. The van der Waals surface area contributed by atoms with Gasteiger partial charge in [-0.3, -0.25) is 33.2 Å². The number of alkyl halides is 1. The molecule has 0 radical (unpaired) electrons. The highest BCUT2D eigenvalue weighted by Crippen LogP contribution is 2.53. The Morgan fingerprint density at radius 1 is 0.566 bits per heavy atom. The highest BCUT2D eigenvalue weighted by Gasteiger charge is 2.62. The van der Waals surface area contributed by atoms with Crippen molar-refractivity contribution in [2.45, 2.75) is 231 Å². The Hall–Kier alpha value is -6.36. The van der Waals surface area contributed by atoms with Gasteiger partial charge in [-0.2, -0.15) is 15.3 Å². The molecule has 4 amide bonds. The number of sulfone groups is 3. The van der Waals surface area contributed by atoms with Gasteiger partial charge in [0.1, 0.15) is 17.1 Å². The Balaban J connectivity index is 0.000000154. The number of hydrogen-bond acceptors (Lipinski definition) is 21. The second kappa shape index (κ2) is 31.9. The molecule has 2 aromatic carbocycles. The van der Waals surface area contributed by atoms with Crippen molar-refractivity contribution in [1.82, 2.24) is 49.8 Å². The third kappa shape index (κ3) is 18.9. The molecule has 0 bridgehead atoms. The van der Waals surface area contributed by atoms with Crippen LogP contribution in [0.1, 0.15) is 223 Å². The molecule has 0 unspecified atom stereocenters. The molecule has 0 saturated heterocycles. The summed E-state index contributed by atoms with van der Waals surface area (Å²) in [6, 6.07) is 14.6. The summed E-state index contributed by atoms with van der Waals surface area (Å²) >= 11 is 14.8. The molecule has 14 rings (SSSR count). The minimum atomic E-state index is -3.27. The fraction of sp³-hybridized carbons (Fsp3) is 0.625. The highest BCUT2D eigenvalue weighted by molar-refractivity contribution is 9.09. The zero-order valence-electron chi connectivity index (χ0n) is 61.2. The van der Waals surface area contributed by atoms with E-state index < -0.39 is 73.7 Å². The van der Waals surface area contributed by atoms with Crippen LogP contribution in [-0.4, -0.2) is 213 Å². The van der Waals surface area contributed by atoms with Crippen LogP contribution in [0.3, 0.4) is 0 Å². The minimum absolute atomic E-state index is 0.0162. The lowest BCUT2D eigenvalue weighted by Crippen LogP contribution is -2.47. The lowest BCUT2D eigenvalue weighted by Gasteiger charge is -2.31. The number of halogens is 3. The van der Waals surface area contributed by atoms with Crippen LogP contribution in [-0.2, 0) is 91.0 Å². The van der Waals surface area contributed by atoms with E-state index in [1.165, 1.54) is 14.0 Å². The summed E-state index contributed by atoms with van der Waals surface area (Å²) in [6.45, 7) is 15.9. The van der Waals surface area contributed by atoms with E-state index in [0.717, 1.165) is 41.8 Å². The van der Waals surface area contributed by atoms with Gasteiger partial charge in [0.2, 0.25) is 0 Å². The first kappa shape index (κ1) is 82.1. The first-order chi connectivity index (χ1) is 49.7. The van der Waals surface area contributed by atoms with Crippen molar-refractivity contribution >= 4 is 104 Å². The van der Waals surface area contributed by atoms with Gasteiger partial charge in [-0.15, -0.1) is 0 Å². The molecule has 3 aromatic heterocycles. The molecule has 34 heteroatoms. The predicted octanol–water partition coefficient (Wildman–Crippen LogP) is 6.69. The predicted molar refractivity (Wildman–Crippen MR) is 400 cm³/mol. The molecule has 7 N–H and O–H groups in total. The number of carbonyl (C=O) groups is 6. The molecule has 6 aliphatic carbocycles. The van der Waals surface area contributed by atoms with Crippen LogP contribution in [0.15, 0.2) is 48.5 Å².